The summed E-state index contributed by atoms with van der Waals surface area (Å²) in [6.45, 7) is 4.66. The van der Waals surface area contributed by atoms with Crippen LogP contribution in [0.3, 0.4) is 0 Å². The molecular weight excluding hydrogens is 236 g/mol. The largest absolute Gasteiger partial charge is 0.500 e. The summed E-state index contributed by atoms with van der Waals surface area (Å²) in [7, 11) is 0. The van der Waals surface area contributed by atoms with E-state index in [9.17, 15) is 0 Å². The molecule has 1 atom stereocenters. The molecule has 0 saturated carbocycles. The van der Waals surface area contributed by atoms with E-state index < -0.39 is 0 Å². The van der Waals surface area contributed by atoms with Gasteiger partial charge in [-0.1, -0.05) is 37.3 Å². The van der Waals surface area contributed by atoms with Crippen molar-refractivity contribution in [1.82, 2.24) is 5.32 Å². The van der Waals surface area contributed by atoms with Crippen LogP contribution in [0.1, 0.15) is 18.9 Å². The Kier molecular flexibility index (Phi) is 4.59. The summed E-state index contributed by atoms with van der Waals surface area (Å²) in [5, 5.41) is 12.4. The maximum absolute atomic E-state index is 8.92. The van der Waals surface area contributed by atoms with Crippen LogP contribution in [0.25, 0.3) is 0 Å². The van der Waals surface area contributed by atoms with E-state index in [0.717, 1.165) is 31.5 Å². The number of benzene rings is 1. The normalized spacial score (nSPS) is 22.2. The third-order valence-electron chi connectivity index (χ3n) is 3.40. The molecule has 0 saturated heterocycles. The van der Waals surface area contributed by atoms with E-state index in [2.05, 4.69) is 42.6 Å². The van der Waals surface area contributed by atoms with Crippen LogP contribution in [-0.4, -0.2) is 19.7 Å². The number of nitrogens with one attached hydrogen (secondary N) is 1. The van der Waals surface area contributed by atoms with Crippen molar-refractivity contribution in [1.29, 1.82) is 5.26 Å². The minimum atomic E-state index is 0.0243. The van der Waals surface area contributed by atoms with Crippen LogP contribution >= 0.6 is 0 Å². The Hall–Kier alpha value is -1.79. The number of nitriles is 1. The highest BCUT2D eigenvalue weighted by atomic mass is 16.5. The molecule has 1 aliphatic rings. The molecule has 1 unspecified atom stereocenters. The Balaban J connectivity index is 1.74. The van der Waals surface area contributed by atoms with E-state index >= 15 is 0 Å². The summed E-state index contributed by atoms with van der Waals surface area (Å²) in [5.74, 6) is 0. The molecule has 2 rings (SSSR count). The summed E-state index contributed by atoms with van der Waals surface area (Å²) >= 11 is 0. The minimum absolute atomic E-state index is 0.0243. The van der Waals surface area contributed by atoms with E-state index in [1.54, 1.807) is 6.26 Å². The lowest BCUT2D eigenvalue weighted by atomic mass is 9.83. The SMILES string of the molecule is CC1(CNCCc2ccccc2)COC=C(C#N)C1. The summed E-state index contributed by atoms with van der Waals surface area (Å²) in [4.78, 5) is 0. The van der Waals surface area contributed by atoms with Gasteiger partial charge in [-0.15, -0.1) is 0 Å². The zero-order valence-corrected chi connectivity index (χ0v) is 11.4. The van der Waals surface area contributed by atoms with Crippen molar-refractivity contribution in [2.75, 3.05) is 19.7 Å². The fraction of sp³-hybridized carbons (Fsp3) is 0.438. The molecule has 1 aromatic rings. The molecule has 1 heterocycles. The van der Waals surface area contributed by atoms with Crippen LogP contribution in [0.5, 0.6) is 0 Å². The Bertz CT molecular complexity index is 475. The van der Waals surface area contributed by atoms with Crippen molar-refractivity contribution in [3.8, 4) is 6.07 Å². The lowest BCUT2D eigenvalue weighted by Gasteiger charge is -2.32. The fourth-order valence-electron chi connectivity index (χ4n) is 2.34. The summed E-state index contributed by atoms with van der Waals surface area (Å²) in [6, 6.07) is 12.6. The number of hydrogen-bond donors (Lipinski definition) is 1. The zero-order chi connectivity index (χ0) is 13.6. The average Bonchev–Trinajstić information content (AvgIpc) is 2.45. The first kappa shape index (κ1) is 13.6. The highest BCUT2D eigenvalue weighted by Gasteiger charge is 2.29. The van der Waals surface area contributed by atoms with E-state index in [-0.39, 0.29) is 5.41 Å². The van der Waals surface area contributed by atoms with Crippen LogP contribution in [0.2, 0.25) is 0 Å². The molecule has 100 valence electrons. The van der Waals surface area contributed by atoms with Gasteiger partial charge >= 0.3 is 0 Å². The third kappa shape index (κ3) is 4.11. The third-order valence-corrected chi connectivity index (χ3v) is 3.40. The molecule has 1 N–H and O–H groups in total. The van der Waals surface area contributed by atoms with E-state index in [0.29, 0.717) is 6.61 Å². The van der Waals surface area contributed by atoms with Crippen molar-refractivity contribution in [2.45, 2.75) is 19.8 Å². The molecule has 0 fully saturated rings. The van der Waals surface area contributed by atoms with Gasteiger partial charge in [-0.3, -0.25) is 0 Å². The smallest absolute Gasteiger partial charge is 0.0979 e. The molecule has 0 aliphatic carbocycles. The molecule has 0 spiro atoms. The van der Waals surface area contributed by atoms with Crippen molar-refractivity contribution in [3.05, 3.63) is 47.7 Å². The second-order valence-electron chi connectivity index (χ2n) is 5.47. The lowest BCUT2D eigenvalue weighted by molar-refractivity contribution is 0.101. The number of allylic oxidation sites excluding steroid dienone is 1. The van der Waals surface area contributed by atoms with Crippen molar-refractivity contribution in [2.24, 2.45) is 5.41 Å². The second kappa shape index (κ2) is 6.40. The predicted octanol–water partition coefficient (Wildman–Crippen LogP) is 2.65. The molecule has 0 radical (unpaired) electrons. The van der Waals surface area contributed by atoms with Gasteiger partial charge in [0.25, 0.3) is 0 Å². The van der Waals surface area contributed by atoms with Crippen molar-refractivity contribution < 1.29 is 4.74 Å². The molecule has 0 amide bonds. The highest BCUT2D eigenvalue weighted by Crippen LogP contribution is 2.29. The van der Waals surface area contributed by atoms with Gasteiger partial charge in [0.1, 0.15) is 0 Å². The number of hydrogen-bond acceptors (Lipinski definition) is 3. The molecule has 3 heteroatoms. The molecule has 0 bridgehead atoms. The number of ether oxygens (including phenoxy) is 1. The van der Waals surface area contributed by atoms with Crippen molar-refractivity contribution >= 4 is 0 Å². The Labute approximate surface area is 114 Å². The fourth-order valence-corrected chi connectivity index (χ4v) is 2.34. The van der Waals surface area contributed by atoms with Gasteiger partial charge in [0.15, 0.2) is 0 Å². The van der Waals surface area contributed by atoms with Crippen LogP contribution in [0.4, 0.5) is 0 Å². The first-order valence-corrected chi connectivity index (χ1v) is 6.67. The molecule has 3 nitrogen and oxygen atoms in total. The molecule has 0 aromatic heterocycles. The van der Waals surface area contributed by atoms with E-state index in [1.807, 2.05) is 6.07 Å². The average molecular weight is 256 g/mol. The van der Waals surface area contributed by atoms with Gasteiger partial charge in [-0.05, 0) is 24.9 Å². The van der Waals surface area contributed by atoms with Gasteiger partial charge in [-0.25, -0.2) is 0 Å². The first-order valence-electron chi connectivity index (χ1n) is 6.67. The summed E-state index contributed by atoms with van der Waals surface area (Å²) < 4.78 is 5.38. The Morgan fingerprint density at radius 1 is 1.37 bits per heavy atom. The van der Waals surface area contributed by atoms with Crippen LogP contribution in [0.15, 0.2) is 42.2 Å². The number of rotatable bonds is 5. The van der Waals surface area contributed by atoms with Gasteiger partial charge in [0.2, 0.25) is 0 Å². The first-order chi connectivity index (χ1) is 9.22. The molecular formula is C16H20N2O. The zero-order valence-electron chi connectivity index (χ0n) is 11.4. The summed E-state index contributed by atoms with van der Waals surface area (Å²) in [5.41, 5.74) is 2.10. The lowest BCUT2D eigenvalue weighted by Crippen LogP contribution is -2.38. The monoisotopic (exact) mass is 256 g/mol. The topological polar surface area (TPSA) is 45.0 Å². The van der Waals surface area contributed by atoms with Crippen molar-refractivity contribution in [3.63, 3.8) is 0 Å². The maximum atomic E-state index is 8.92. The van der Waals surface area contributed by atoms with E-state index in [1.165, 1.54) is 5.56 Å². The maximum Gasteiger partial charge on any atom is 0.0979 e. The van der Waals surface area contributed by atoms with Gasteiger partial charge in [-0.2, -0.15) is 5.26 Å². The van der Waals surface area contributed by atoms with Gasteiger partial charge in [0.05, 0.1) is 24.5 Å². The van der Waals surface area contributed by atoms with Gasteiger partial charge < -0.3 is 10.1 Å². The molecule has 1 aliphatic heterocycles. The van der Waals surface area contributed by atoms with Crippen LogP contribution < -0.4 is 5.32 Å². The minimum Gasteiger partial charge on any atom is -0.500 e. The number of nitrogens with zero attached hydrogens (tertiary/aromatic N) is 1. The van der Waals surface area contributed by atoms with Crippen LogP contribution in [0, 0.1) is 16.7 Å². The quantitative estimate of drug-likeness (QED) is 0.824. The Morgan fingerprint density at radius 2 is 2.16 bits per heavy atom. The predicted molar refractivity (Wildman–Crippen MR) is 75.4 cm³/mol. The summed E-state index contributed by atoms with van der Waals surface area (Å²) in [6.07, 6.45) is 3.41. The second-order valence-corrected chi connectivity index (χ2v) is 5.47. The molecule has 19 heavy (non-hydrogen) atoms. The van der Waals surface area contributed by atoms with E-state index in [4.69, 9.17) is 10.00 Å². The Morgan fingerprint density at radius 3 is 2.89 bits per heavy atom. The highest BCUT2D eigenvalue weighted by molar-refractivity contribution is 5.22. The van der Waals surface area contributed by atoms with Gasteiger partial charge in [0, 0.05) is 12.0 Å². The molecule has 1 aromatic carbocycles. The standard InChI is InChI=1S/C16H20N2O/c1-16(9-15(10-17)11-19-13-16)12-18-8-7-14-5-3-2-4-6-14/h2-6,11,18H,7-9,12-13H2,1H3. The van der Waals surface area contributed by atoms with Crippen LogP contribution in [-0.2, 0) is 11.2 Å².